The summed E-state index contributed by atoms with van der Waals surface area (Å²) >= 11 is 0. The highest BCUT2D eigenvalue weighted by Gasteiger charge is 2.11. The molecule has 30 heavy (non-hydrogen) atoms. The summed E-state index contributed by atoms with van der Waals surface area (Å²) in [7, 11) is 0. The van der Waals surface area contributed by atoms with E-state index in [0.717, 1.165) is 12.8 Å². The third kappa shape index (κ3) is 8.90. The van der Waals surface area contributed by atoms with Crippen molar-refractivity contribution in [3.05, 3.63) is 65.7 Å². The lowest BCUT2D eigenvalue weighted by Gasteiger charge is -2.14. The zero-order valence-electron chi connectivity index (χ0n) is 17.6. The van der Waals surface area contributed by atoms with E-state index in [1.54, 1.807) is 24.3 Å². The Morgan fingerprint density at radius 1 is 1.00 bits per heavy atom. The van der Waals surface area contributed by atoms with Gasteiger partial charge in [0.15, 0.2) is 12.4 Å². The zero-order chi connectivity index (χ0) is 21.8. The first-order valence-corrected chi connectivity index (χ1v) is 10.2. The Kier molecular flexibility index (Phi) is 9.58. The van der Waals surface area contributed by atoms with Gasteiger partial charge < -0.3 is 14.8 Å². The number of hydrogen-bond acceptors (Lipinski definition) is 5. The van der Waals surface area contributed by atoms with E-state index in [1.165, 1.54) is 12.5 Å². The van der Waals surface area contributed by atoms with Gasteiger partial charge in [0, 0.05) is 18.0 Å². The van der Waals surface area contributed by atoms with Crippen molar-refractivity contribution >= 4 is 17.7 Å². The second-order valence-electron chi connectivity index (χ2n) is 7.19. The monoisotopic (exact) mass is 411 g/mol. The van der Waals surface area contributed by atoms with E-state index in [2.05, 4.69) is 17.4 Å². The number of carbonyl (C=O) groups is 3. The van der Waals surface area contributed by atoms with Crippen LogP contribution in [0, 0.1) is 0 Å². The van der Waals surface area contributed by atoms with Crippen LogP contribution in [-0.2, 0) is 20.7 Å². The van der Waals surface area contributed by atoms with E-state index in [0.29, 0.717) is 24.3 Å². The Labute approximate surface area is 177 Å². The number of rotatable bonds is 12. The Hall–Kier alpha value is -3.15. The first-order valence-electron chi connectivity index (χ1n) is 10.2. The van der Waals surface area contributed by atoms with E-state index < -0.39 is 5.97 Å². The predicted octanol–water partition coefficient (Wildman–Crippen LogP) is 3.73. The smallest absolute Gasteiger partial charge is 0.306 e. The van der Waals surface area contributed by atoms with Gasteiger partial charge in [-0.1, -0.05) is 30.3 Å². The topological polar surface area (TPSA) is 81.7 Å². The molecule has 1 atom stereocenters. The van der Waals surface area contributed by atoms with Gasteiger partial charge >= 0.3 is 5.97 Å². The minimum atomic E-state index is -0.433. The van der Waals surface area contributed by atoms with Crippen LogP contribution >= 0.6 is 0 Å². The van der Waals surface area contributed by atoms with Crippen LogP contribution in [0.1, 0.15) is 49.0 Å². The van der Waals surface area contributed by atoms with Crippen LogP contribution in [0.15, 0.2) is 54.6 Å². The van der Waals surface area contributed by atoms with Gasteiger partial charge in [0.25, 0.3) is 5.91 Å². The maximum atomic E-state index is 11.9. The fourth-order valence-electron chi connectivity index (χ4n) is 2.83. The number of benzene rings is 2. The molecular formula is C24H29NO5. The Morgan fingerprint density at radius 3 is 2.37 bits per heavy atom. The summed E-state index contributed by atoms with van der Waals surface area (Å²) in [5.41, 5.74) is 1.85. The van der Waals surface area contributed by atoms with Crippen molar-refractivity contribution < 1.29 is 23.9 Å². The summed E-state index contributed by atoms with van der Waals surface area (Å²) in [5.74, 6) is -0.0977. The number of Topliss-reactive ketones (excluding diaryl/α,β-unsaturated/α-hetero) is 1. The van der Waals surface area contributed by atoms with E-state index in [9.17, 15) is 14.4 Å². The van der Waals surface area contributed by atoms with Crippen molar-refractivity contribution in [1.82, 2.24) is 5.32 Å². The third-order valence-corrected chi connectivity index (χ3v) is 4.54. The number of esters is 1. The molecule has 0 saturated heterocycles. The Balaban J connectivity index is 1.55. The molecule has 0 aliphatic rings. The Morgan fingerprint density at radius 2 is 1.70 bits per heavy atom. The minimum Gasteiger partial charge on any atom is -0.494 e. The fourth-order valence-corrected chi connectivity index (χ4v) is 2.83. The number of ether oxygens (including phenoxy) is 2. The molecule has 0 aliphatic heterocycles. The maximum absolute atomic E-state index is 11.9. The number of ketones is 1. The SMILES string of the molecule is CC(=O)c1ccc(OCCCC(=O)OCC(=O)N[C@@H](C)CCc2ccccc2)cc1. The van der Waals surface area contributed by atoms with Crippen LogP contribution < -0.4 is 10.1 Å². The predicted molar refractivity (Wildman–Crippen MR) is 115 cm³/mol. The van der Waals surface area contributed by atoms with Gasteiger partial charge in [0.1, 0.15) is 5.75 Å². The summed E-state index contributed by atoms with van der Waals surface area (Å²) < 4.78 is 10.6. The molecule has 0 radical (unpaired) electrons. The first-order chi connectivity index (χ1) is 14.4. The largest absolute Gasteiger partial charge is 0.494 e. The molecule has 0 bridgehead atoms. The molecule has 6 heteroatoms. The lowest BCUT2D eigenvalue weighted by atomic mass is 10.1. The van der Waals surface area contributed by atoms with E-state index in [-0.39, 0.29) is 30.8 Å². The highest BCUT2D eigenvalue weighted by molar-refractivity contribution is 5.94. The summed E-state index contributed by atoms with van der Waals surface area (Å²) in [6.07, 6.45) is 2.33. The van der Waals surface area contributed by atoms with Gasteiger partial charge in [0.05, 0.1) is 6.61 Å². The molecule has 2 rings (SSSR count). The van der Waals surface area contributed by atoms with Crippen molar-refractivity contribution in [1.29, 1.82) is 0 Å². The molecule has 0 saturated carbocycles. The van der Waals surface area contributed by atoms with Gasteiger partial charge in [-0.25, -0.2) is 0 Å². The van der Waals surface area contributed by atoms with Gasteiger partial charge in [0.2, 0.25) is 0 Å². The molecule has 1 amide bonds. The second-order valence-corrected chi connectivity index (χ2v) is 7.19. The van der Waals surface area contributed by atoms with Crippen LogP contribution in [0.2, 0.25) is 0 Å². The van der Waals surface area contributed by atoms with Crippen LogP contribution in [0.3, 0.4) is 0 Å². The summed E-state index contributed by atoms with van der Waals surface area (Å²) in [5, 5.41) is 2.84. The molecule has 0 spiro atoms. The number of carbonyl (C=O) groups excluding carboxylic acids is 3. The van der Waals surface area contributed by atoms with Crippen molar-refractivity contribution in [2.24, 2.45) is 0 Å². The molecule has 6 nitrogen and oxygen atoms in total. The number of nitrogens with one attached hydrogen (secondary N) is 1. The van der Waals surface area contributed by atoms with Crippen LogP contribution in [0.25, 0.3) is 0 Å². The summed E-state index contributed by atoms with van der Waals surface area (Å²) in [6.45, 7) is 3.51. The average Bonchev–Trinajstić information content (AvgIpc) is 2.75. The van der Waals surface area contributed by atoms with Crippen molar-refractivity contribution in [3.63, 3.8) is 0 Å². The second kappa shape index (κ2) is 12.4. The lowest BCUT2D eigenvalue weighted by Crippen LogP contribution is -2.36. The quantitative estimate of drug-likeness (QED) is 0.327. The first kappa shape index (κ1) is 23.1. The third-order valence-electron chi connectivity index (χ3n) is 4.54. The molecule has 0 aliphatic carbocycles. The maximum Gasteiger partial charge on any atom is 0.306 e. The fraction of sp³-hybridized carbons (Fsp3) is 0.375. The van der Waals surface area contributed by atoms with Crippen LogP contribution in [0.4, 0.5) is 0 Å². The molecular weight excluding hydrogens is 382 g/mol. The number of aryl methyl sites for hydroxylation is 1. The highest BCUT2D eigenvalue weighted by atomic mass is 16.5. The van der Waals surface area contributed by atoms with Crippen molar-refractivity contribution in [2.75, 3.05) is 13.2 Å². The summed E-state index contributed by atoms with van der Waals surface area (Å²) in [4.78, 5) is 34.9. The molecule has 160 valence electrons. The molecule has 1 N–H and O–H groups in total. The highest BCUT2D eigenvalue weighted by Crippen LogP contribution is 2.13. The lowest BCUT2D eigenvalue weighted by molar-refractivity contribution is -0.148. The molecule has 0 heterocycles. The molecule has 2 aromatic rings. The molecule has 0 aromatic heterocycles. The molecule has 0 fully saturated rings. The number of hydrogen-bond donors (Lipinski definition) is 1. The van der Waals surface area contributed by atoms with Gasteiger partial charge in [-0.05, 0) is 62.9 Å². The van der Waals surface area contributed by atoms with E-state index >= 15 is 0 Å². The van der Waals surface area contributed by atoms with Gasteiger partial charge in [-0.15, -0.1) is 0 Å². The number of amides is 1. The standard InChI is InChI=1S/C24H29NO5/c1-18(10-11-20-7-4-3-5-8-20)25-23(27)17-30-24(28)9-6-16-29-22-14-12-21(13-15-22)19(2)26/h3-5,7-8,12-15,18H,6,9-11,16-17H2,1-2H3,(H,25,27)/t18-/m0/s1. The average molecular weight is 411 g/mol. The molecule has 0 unspecified atom stereocenters. The zero-order valence-corrected chi connectivity index (χ0v) is 17.6. The van der Waals surface area contributed by atoms with E-state index in [1.807, 2.05) is 25.1 Å². The van der Waals surface area contributed by atoms with Gasteiger partial charge in [-0.3, -0.25) is 14.4 Å². The minimum absolute atomic E-state index is 0.000742. The van der Waals surface area contributed by atoms with Crippen molar-refractivity contribution in [3.8, 4) is 5.75 Å². The van der Waals surface area contributed by atoms with E-state index in [4.69, 9.17) is 9.47 Å². The van der Waals surface area contributed by atoms with Crippen LogP contribution in [-0.4, -0.2) is 36.9 Å². The Bertz CT molecular complexity index is 817. The molecule has 2 aromatic carbocycles. The van der Waals surface area contributed by atoms with Crippen LogP contribution in [0.5, 0.6) is 5.75 Å². The summed E-state index contributed by atoms with van der Waals surface area (Å²) in [6, 6.07) is 16.9. The normalized spacial score (nSPS) is 11.4. The van der Waals surface area contributed by atoms with Crippen molar-refractivity contribution in [2.45, 2.75) is 45.6 Å². The van der Waals surface area contributed by atoms with Gasteiger partial charge in [-0.2, -0.15) is 0 Å².